The van der Waals surface area contributed by atoms with Crippen molar-refractivity contribution in [2.75, 3.05) is 32.1 Å². The smallest absolute Gasteiger partial charge is 0.253 e. The summed E-state index contributed by atoms with van der Waals surface area (Å²) in [6, 6.07) is 6.94. The van der Waals surface area contributed by atoms with Crippen LogP contribution in [0.1, 0.15) is 82.7 Å². The van der Waals surface area contributed by atoms with E-state index in [1.165, 1.54) is 36.9 Å². The van der Waals surface area contributed by atoms with E-state index >= 15 is 0 Å². The van der Waals surface area contributed by atoms with Crippen LogP contribution >= 0.6 is 0 Å². The molecule has 0 radical (unpaired) electrons. The van der Waals surface area contributed by atoms with Gasteiger partial charge in [-0.25, -0.2) is 0 Å². The molecule has 2 N–H and O–H groups in total. The van der Waals surface area contributed by atoms with Gasteiger partial charge >= 0.3 is 0 Å². The Hall–Kier alpha value is -2.60. The molecule has 1 aromatic carbocycles. The molecule has 2 fully saturated rings. The Labute approximate surface area is 203 Å². The summed E-state index contributed by atoms with van der Waals surface area (Å²) in [5.74, 6) is 0.369. The van der Waals surface area contributed by atoms with Gasteiger partial charge < -0.3 is 20.1 Å². The first-order chi connectivity index (χ1) is 16.2. The molecular weight excluding hydrogens is 424 g/mol. The molecule has 1 aromatic heterocycles. The number of carbonyl (C=O) groups excluding carboxylic acids is 1. The average molecular weight is 465 g/mol. The fourth-order valence-corrected chi connectivity index (χ4v) is 5.75. The van der Waals surface area contributed by atoms with Crippen LogP contribution in [0.4, 0.5) is 5.69 Å². The number of aryl methyl sites for hydroxylation is 2. The number of nitrogens with one attached hydrogen (secondary N) is 2. The van der Waals surface area contributed by atoms with Crippen LogP contribution in [0.3, 0.4) is 0 Å². The topological polar surface area (TPSA) is 68.4 Å². The molecule has 0 bridgehead atoms. The fraction of sp³-hybridized carbons (Fsp3) is 0.571. The van der Waals surface area contributed by atoms with Gasteiger partial charge in [-0.2, -0.15) is 0 Å². The summed E-state index contributed by atoms with van der Waals surface area (Å²) in [5, 5.41) is 3.04. The van der Waals surface area contributed by atoms with Gasteiger partial charge in [-0.1, -0.05) is 12.8 Å². The highest BCUT2D eigenvalue weighted by atomic mass is 16.1. The number of amides is 1. The molecule has 2 heterocycles. The van der Waals surface area contributed by atoms with E-state index in [1.54, 1.807) is 0 Å². The third kappa shape index (κ3) is 5.22. The number of benzene rings is 1. The number of rotatable bonds is 6. The van der Waals surface area contributed by atoms with Gasteiger partial charge in [-0.15, -0.1) is 0 Å². The summed E-state index contributed by atoms with van der Waals surface area (Å²) in [7, 11) is 4.37. The van der Waals surface area contributed by atoms with Crippen molar-refractivity contribution in [2.45, 2.75) is 77.8 Å². The van der Waals surface area contributed by atoms with Crippen LogP contribution in [0, 0.1) is 20.8 Å². The van der Waals surface area contributed by atoms with Crippen molar-refractivity contribution in [3.63, 3.8) is 0 Å². The molecule has 0 spiro atoms. The van der Waals surface area contributed by atoms with Gasteiger partial charge in [-0.3, -0.25) is 9.59 Å². The monoisotopic (exact) mass is 464 g/mol. The molecule has 2 aromatic rings. The van der Waals surface area contributed by atoms with E-state index in [1.807, 2.05) is 19.9 Å². The van der Waals surface area contributed by atoms with E-state index in [2.05, 4.69) is 53.3 Å². The van der Waals surface area contributed by atoms with Crippen molar-refractivity contribution in [3.8, 4) is 0 Å². The number of hydrogen-bond acceptors (Lipinski definition) is 4. The lowest BCUT2D eigenvalue weighted by atomic mass is 9.86. The summed E-state index contributed by atoms with van der Waals surface area (Å²) in [6.07, 6.45) is 7.22. The van der Waals surface area contributed by atoms with Crippen LogP contribution in [-0.4, -0.2) is 49.0 Å². The van der Waals surface area contributed by atoms with Crippen molar-refractivity contribution in [2.24, 2.45) is 0 Å². The van der Waals surface area contributed by atoms with Gasteiger partial charge in [0.05, 0.1) is 0 Å². The first-order valence-corrected chi connectivity index (χ1v) is 12.8. The lowest BCUT2D eigenvalue weighted by Gasteiger charge is -2.33. The van der Waals surface area contributed by atoms with E-state index in [4.69, 9.17) is 0 Å². The molecule has 4 rings (SSSR count). The highest BCUT2D eigenvalue weighted by molar-refractivity contribution is 5.97. The Kier molecular flexibility index (Phi) is 7.46. The maximum atomic E-state index is 13.5. The second-order valence-electron chi connectivity index (χ2n) is 10.5. The van der Waals surface area contributed by atoms with Crippen LogP contribution < -0.4 is 15.8 Å². The first kappa shape index (κ1) is 24.5. The number of piperidine rings is 1. The summed E-state index contributed by atoms with van der Waals surface area (Å²) >= 11 is 0. The number of likely N-dealkylation sites (tertiary alicyclic amines) is 1. The highest BCUT2D eigenvalue weighted by Gasteiger charge is 2.26. The van der Waals surface area contributed by atoms with Gasteiger partial charge in [0.2, 0.25) is 0 Å². The van der Waals surface area contributed by atoms with Crippen molar-refractivity contribution in [1.29, 1.82) is 0 Å². The number of anilines is 1. The minimum atomic E-state index is -0.128. The third-order valence-corrected chi connectivity index (χ3v) is 8.01. The Morgan fingerprint density at radius 1 is 1.09 bits per heavy atom. The maximum absolute atomic E-state index is 13.5. The Morgan fingerprint density at radius 3 is 2.41 bits per heavy atom. The number of hydrogen-bond donors (Lipinski definition) is 2. The molecule has 184 valence electrons. The molecule has 0 unspecified atom stereocenters. The summed E-state index contributed by atoms with van der Waals surface area (Å²) < 4.78 is 0. The molecule has 1 amide bonds. The predicted molar refractivity (Wildman–Crippen MR) is 139 cm³/mol. The molecule has 1 saturated carbocycles. The van der Waals surface area contributed by atoms with Crippen molar-refractivity contribution >= 4 is 11.6 Å². The van der Waals surface area contributed by atoms with Crippen molar-refractivity contribution in [1.82, 2.24) is 15.2 Å². The maximum Gasteiger partial charge on any atom is 0.253 e. The zero-order valence-electron chi connectivity index (χ0n) is 21.5. The number of H-pyrrole nitrogens is 1. The molecule has 0 atom stereocenters. The molecule has 2 aliphatic rings. The molecule has 1 aliphatic carbocycles. The van der Waals surface area contributed by atoms with Crippen LogP contribution in [0.15, 0.2) is 23.0 Å². The predicted octanol–water partition coefficient (Wildman–Crippen LogP) is 4.42. The molecule has 1 saturated heterocycles. The van der Waals surface area contributed by atoms with Crippen LogP contribution in [0.25, 0.3) is 0 Å². The quantitative estimate of drug-likeness (QED) is 0.664. The van der Waals surface area contributed by atoms with Crippen molar-refractivity contribution < 1.29 is 4.79 Å². The van der Waals surface area contributed by atoms with E-state index in [-0.39, 0.29) is 18.0 Å². The number of nitrogens with zero attached hydrogens (tertiary/aromatic N) is 2. The minimum absolute atomic E-state index is 0.104. The second kappa shape index (κ2) is 10.3. The van der Waals surface area contributed by atoms with Crippen LogP contribution in [0.5, 0.6) is 0 Å². The third-order valence-electron chi connectivity index (χ3n) is 8.01. The minimum Gasteiger partial charge on any atom is -0.371 e. The van der Waals surface area contributed by atoms with E-state index in [9.17, 15) is 9.59 Å². The summed E-state index contributed by atoms with van der Waals surface area (Å²) in [6.45, 7) is 8.26. The second-order valence-corrected chi connectivity index (χ2v) is 10.5. The Balaban J connectivity index is 1.64. The zero-order valence-corrected chi connectivity index (χ0v) is 21.5. The molecule has 1 aliphatic heterocycles. The highest BCUT2D eigenvalue weighted by Crippen LogP contribution is 2.36. The van der Waals surface area contributed by atoms with Gasteiger partial charge in [0.15, 0.2) is 0 Å². The normalized spacial score (nSPS) is 17.8. The average Bonchev–Trinajstić information content (AvgIpc) is 3.33. The van der Waals surface area contributed by atoms with Crippen LogP contribution in [-0.2, 0) is 6.54 Å². The van der Waals surface area contributed by atoms with Crippen molar-refractivity contribution in [3.05, 3.63) is 62.1 Å². The molecule has 34 heavy (non-hydrogen) atoms. The molecule has 6 nitrogen and oxygen atoms in total. The molecule has 6 heteroatoms. The Bertz CT molecular complexity index is 1090. The van der Waals surface area contributed by atoms with Gasteiger partial charge in [0.25, 0.3) is 11.5 Å². The first-order valence-electron chi connectivity index (χ1n) is 12.8. The lowest BCUT2D eigenvalue weighted by Crippen LogP contribution is -2.32. The van der Waals surface area contributed by atoms with Gasteiger partial charge in [0, 0.05) is 42.1 Å². The lowest BCUT2D eigenvalue weighted by molar-refractivity contribution is 0.0950. The fourth-order valence-electron chi connectivity index (χ4n) is 5.75. The number of pyridine rings is 1. The number of carbonyl (C=O) groups is 1. The zero-order chi connectivity index (χ0) is 24.4. The number of aromatic nitrogens is 1. The van der Waals surface area contributed by atoms with E-state index < -0.39 is 0 Å². The van der Waals surface area contributed by atoms with E-state index in [0.717, 1.165) is 48.3 Å². The Morgan fingerprint density at radius 2 is 1.76 bits per heavy atom. The van der Waals surface area contributed by atoms with Gasteiger partial charge in [0.1, 0.15) is 0 Å². The summed E-state index contributed by atoms with van der Waals surface area (Å²) in [4.78, 5) is 33.5. The summed E-state index contributed by atoms with van der Waals surface area (Å²) in [5.41, 5.74) is 6.43. The number of aromatic amines is 1. The van der Waals surface area contributed by atoms with Crippen LogP contribution in [0.2, 0.25) is 0 Å². The van der Waals surface area contributed by atoms with Gasteiger partial charge in [-0.05, 0) is 107 Å². The SMILES string of the molecule is Cc1cc(C)c(CNC(=O)c2cc(C3CCN(C)CC3)cc(N(C)C3CCCC3)c2C)c(=O)[nH]1. The van der Waals surface area contributed by atoms with E-state index in [0.29, 0.717) is 17.5 Å². The largest absolute Gasteiger partial charge is 0.371 e. The standard InChI is InChI=1S/C28H40N4O2/c1-18-14-19(2)30-28(34)25(18)17-29-27(33)24-15-22(21-10-12-31(4)13-11-21)16-26(20(24)3)32(5)23-8-6-7-9-23/h14-16,21,23H,6-13,17H2,1-5H3,(H,29,33)(H,30,34). The molecular formula is C28H40N4O2.